The quantitative estimate of drug-likeness (QED) is 0.265. The van der Waals surface area contributed by atoms with Crippen LogP contribution in [0, 0.1) is 11.7 Å². The summed E-state index contributed by atoms with van der Waals surface area (Å²) in [5.74, 6) is -0.952. The third-order valence-electron chi connectivity index (χ3n) is 8.09. The molecule has 0 radical (unpaired) electrons. The number of anilines is 2. The molecule has 4 aromatic rings. The number of pyridine rings is 1. The molecule has 2 N–H and O–H groups in total. The van der Waals surface area contributed by atoms with E-state index in [-0.39, 0.29) is 46.9 Å². The predicted molar refractivity (Wildman–Crippen MR) is 167 cm³/mol. The molecule has 3 aromatic carbocycles. The Morgan fingerprint density at radius 2 is 1.74 bits per heavy atom. The van der Waals surface area contributed by atoms with E-state index < -0.39 is 11.7 Å². The maximum Gasteiger partial charge on any atom is 0.251 e. The fourth-order valence-electron chi connectivity index (χ4n) is 6.13. The van der Waals surface area contributed by atoms with Gasteiger partial charge in [0.15, 0.2) is 0 Å². The minimum Gasteiger partial charge on any atom is -0.369 e. The topological polar surface area (TPSA) is 83.4 Å². The summed E-state index contributed by atoms with van der Waals surface area (Å²) < 4.78 is 16.3. The zero-order chi connectivity index (χ0) is 30.1. The highest BCUT2D eigenvalue weighted by atomic mass is 35.5. The van der Waals surface area contributed by atoms with Crippen LogP contribution in [0.2, 0.25) is 10.0 Å². The summed E-state index contributed by atoms with van der Waals surface area (Å²) in [6.07, 6.45) is 0.703. The summed E-state index contributed by atoms with van der Waals surface area (Å²) in [5.41, 5.74) is 3.53. The number of carbonyl (C=O) groups is 2. The number of halogens is 3. The lowest BCUT2D eigenvalue weighted by Crippen LogP contribution is -2.47. The Morgan fingerprint density at radius 1 is 0.930 bits per heavy atom. The van der Waals surface area contributed by atoms with Crippen LogP contribution in [0.5, 0.6) is 0 Å². The Kier molecular flexibility index (Phi) is 8.23. The van der Waals surface area contributed by atoms with E-state index >= 15 is 0 Å². The molecule has 220 valence electrons. The molecule has 0 saturated carbocycles. The summed E-state index contributed by atoms with van der Waals surface area (Å²) in [7, 11) is 0. The smallest absolute Gasteiger partial charge is 0.251 e. The second kappa shape index (κ2) is 12.2. The van der Waals surface area contributed by atoms with Gasteiger partial charge in [-0.25, -0.2) is 4.39 Å². The van der Waals surface area contributed by atoms with Crippen LogP contribution in [0.15, 0.2) is 83.7 Å². The SMILES string of the molecule is O=C(Cc1c(F)cccc1Cl)Nc1cc(C(=O)NCc2cccc(Cl)c2)ccc1N1CC2CC(C1)c1cccc(=O)n1C2. The summed E-state index contributed by atoms with van der Waals surface area (Å²) in [4.78, 5) is 41.1. The second-order valence-electron chi connectivity index (χ2n) is 11.1. The van der Waals surface area contributed by atoms with Gasteiger partial charge in [-0.05, 0) is 66.4 Å². The van der Waals surface area contributed by atoms with Crippen molar-refractivity contribution in [3.8, 4) is 0 Å². The lowest BCUT2D eigenvalue weighted by atomic mass is 9.83. The average Bonchev–Trinajstić information content (AvgIpc) is 2.98. The van der Waals surface area contributed by atoms with Gasteiger partial charge in [-0.1, -0.05) is 47.5 Å². The van der Waals surface area contributed by atoms with Crippen molar-refractivity contribution in [1.29, 1.82) is 0 Å². The first-order chi connectivity index (χ1) is 20.7. The molecule has 3 heterocycles. The maximum absolute atomic E-state index is 14.5. The fourth-order valence-corrected chi connectivity index (χ4v) is 6.58. The lowest BCUT2D eigenvalue weighted by molar-refractivity contribution is -0.115. The Balaban J connectivity index is 1.28. The number of hydrogen-bond donors (Lipinski definition) is 2. The van der Waals surface area contributed by atoms with E-state index in [1.165, 1.54) is 12.1 Å². The third-order valence-corrected chi connectivity index (χ3v) is 8.68. The van der Waals surface area contributed by atoms with Crippen LogP contribution < -0.4 is 21.1 Å². The number of carbonyl (C=O) groups excluding carboxylic acids is 2. The van der Waals surface area contributed by atoms with E-state index in [0.717, 1.165) is 23.4 Å². The predicted octanol–water partition coefficient (Wildman–Crippen LogP) is 6.03. The van der Waals surface area contributed by atoms with Gasteiger partial charge in [0.1, 0.15) is 5.82 Å². The van der Waals surface area contributed by atoms with E-state index in [4.69, 9.17) is 23.2 Å². The van der Waals surface area contributed by atoms with Gasteiger partial charge in [-0.2, -0.15) is 0 Å². The first-order valence-electron chi connectivity index (χ1n) is 14.1. The highest BCUT2D eigenvalue weighted by molar-refractivity contribution is 6.31. The van der Waals surface area contributed by atoms with Crippen LogP contribution in [0.1, 0.15) is 39.5 Å². The molecular weight excluding hydrogens is 590 g/mol. The lowest BCUT2D eigenvalue weighted by Gasteiger charge is -2.44. The monoisotopic (exact) mass is 618 g/mol. The first-order valence-corrected chi connectivity index (χ1v) is 14.8. The molecule has 43 heavy (non-hydrogen) atoms. The number of benzene rings is 3. The van der Waals surface area contributed by atoms with Gasteiger partial charge in [-0.3, -0.25) is 14.4 Å². The van der Waals surface area contributed by atoms with E-state index in [1.54, 1.807) is 42.5 Å². The van der Waals surface area contributed by atoms with Gasteiger partial charge in [0.05, 0.1) is 17.8 Å². The number of nitrogens with zero attached hydrogens (tertiary/aromatic N) is 2. The highest BCUT2D eigenvalue weighted by Crippen LogP contribution is 2.39. The zero-order valence-corrected chi connectivity index (χ0v) is 24.7. The van der Waals surface area contributed by atoms with E-state index in [1.807, 2.05) is 28.8 Å². The number of fused-ring (bicyclic) bond motifs is 4. The normalized spacial score (nSPS) is 17.2. The van der Waals surface area contributed by atoms with Crippen molar-refractivity contribution in [1.82, 2.24) is 9.88 Å². The van der Waals surface area contributed by atoms with Crippen molar-refractivity contribution in [3.63, 3.8) is 0 Å². The van der Waals surface area contributed by atoms with Gasteiger partial charge >= 0.3 is 0 Å². The van der Waals surface area contributed by atoms with E-state index in [2.05, 4.69) is 15.5 Å². The maximum atomic E-state index is 14.5. The summed E-state index contributed by atoms with van der Waals surface area (Å²) >= 11 is 12.3. The standard InChI is InChI=1S/C33H29Cl2FN4O3/c34-24-5-1-4-20(13-24)16-37-33(43)22-10-11-30(28(14-22)38-31(41)15-25-26(35)6-2-7-27(25)36)39-17-21-12-23(19-39)29-8-3-9-32(42)40(29)18-21/h1-11,13-14,21,23H,12,15-19H2,(H,37,43)(H,38,41). The van der Waals surface area contributed by atoms with Crippen molar-refractivity contribution < 1.29 is 14.0 Å². The molecule has 0 spiro atoms. The van der Waals surface area contributed by atoms with Crippen LogP contribution in [0.4, 0.5) is 15.8 Å². The fraction of sp³-hybridized carbons (Fsp3) is 0.242. The molecule has 2 bridgehead atoms. The minimum absolute atomic E-state index is 0.00791. The summed E-state index contributed by atoms with van der Waals surface area (Å²) in [6.45, 7) is 2.23. The number of nitrogens with one attached hydrogen (secondary N) is 2. The molecule has 2 unspecified atom stereocenters. The van der Waals surface area contributed by atoms with E-state index in [9.17, 15) is 18.8 Å². The van der Waals surface area contributed by atoms with Crippen LogP contribution in [-0.4, -0.2) is 29.5 Å². The van der Waals surface area contributed by atoms with Crippen LogP contribution in [-0.2, 0) is 24.3 Å². The summed E-state index contributed by atoms with van der Waals surface area (Å²) in [6, 6.07) is 22.1. The third kappa shape index (κ3) is 6.31. The number of rotatable bonds is 7. The molecule has 2 aliphatic heterocycles. The molecule has 1 fully saturated rings. The van der Waals surface area contributed by atoms with Crippen LogP contribution in [0.25, 0.3) is 0 Å². The van der Waals surface area contributed by atoms with Crippen LogP contribution in [0.3, 0.4) is 0 Å². The molecule has 7 nitrogen and oxygen atoms in total. The number of piperidine rings is 1. The molecular formula is C33H29Cl2FN4O3. The van der Waals surface area contributed by atoms with Gasteiger partial charge in [0.25, 0.3) is 11.5 Å². The van der Waals surface area contributed by atoms with Crippen LogP contribution >= 0.6 is 23.2 Å². The molecule has 10 heteroatoms. The molecule has 0 aliphatic carbocycles. The van der Waals surface area contributed by atoms with Crippen molar-refractivity contribution >= 4 is 46.4 Å². The largest absolute Gasteiger partial charge is 0.369 e. The second-order valence-corrected chi connectivity index (χ2v) is 11.9. The Morgan fingerprint density at radius 3 is 2.56 bits per heavy atom. The molecule has 2 atom stereocenters. The summed E-state index contributed by atoms with van der Waals surface area (Å²) in [5, 5.41) is 6.57. The molecule has 1 aromatic heterocycles. The Labute approximate surface area is 258 Å². The Bertz CT molecular complexity index is 1760. The van der Waals surface area contributed by atoms with Crippen molar-refractivity contribution in [2.75, 3.05) is 23.3 Å². The number of amides is 2. The highest BCUT2D eigenvalue weighted by Gasteiger charge is 2.35. The van der Waals surface area contributed by atoms with Gasteiger partial charge < -0.3 is 20.1 Å². The number of hydrogen-bond acceptors (Lipinski definition) is 4. The average molecular weight is 620 g/mol. The van der Waals surface area contributed by atoms with Crippen molar-refractivity contribution in [2.45, 2.75) is 31.8 Å². The van der Waals surface area contributed by atoms with E-state index in [0.29, 0.717) is 35.9 Å². The molecule has 1 saturated heterocycles. The van der Waals surface area contributed by atoms with Crippen molar-refractivity contribution in [3.05, 3.63) is 127 Å². The molecule has 2 amide bonds. The molecule has 6 rings (SSSR count). The van der Waals surface area contributed by atoms with Crippen molar-refractivity contribution in [2.24, 2.45) is 5.92 Å². The van der Waals surface area contributed by atoms with Gasteiger partial charge in [-0.15, -0.1) is 0 Å². The van der Waals surface area contributed by atoms with Gasteiger partial charge in [0, 0.05) is 65.0 Å². The Hall–Kier alpha value is -4.14. The number of aromatic nitrogens is 1. The zero-order valence-electron chi connectivity index (χ0n) is 23.2. The van der Waals surface area contributed by atoms with Gasteiger partial charge in [0.2, 0.25) is 5.91 Å². The first kappa shape index (κ1) is 29.0. The molecule has 2 aliphatic rings. The minimum atomic E-state index is -0.560.